The van der Waals surface area contributed by atoms with Gasteiger partial charge in [-0.15, -0.1) is 6.58 Å². The Bertz CT molecular complexity index is 2160. The second-order valence-electron chi connectivity index (χ2n) is 16.8. The zero-order valence-electron chi connectivity index (χ0n) is 36.8. The molecule has 2 N–H and O–H groups in total. The normalized spacial score (nSPS) is 22.8. The van der Waals surface area contributed by atoms with Crippen LogP contribution in [0.1, 0.15) is 92.3 Å². The van der Waals surface area contributed by atoms with Crippen molar-refractivity contribution in [1.82, 2.24) is 9.88 Å². The van der Waals surface area contributed by atoms with E-state index in [1.807, 2.05) is 105 Å². The molecule has 3 aliphatic rings. The quantitative estimate of drug-likeness (QED) is 0.0451. The van der Waals surface area contributed by atoms with Crippen LogP contribution in [0, 0.1) is 24.7 Å². The van der Waals surface area contributed by atoms with E-state index in [9.17, 15) is 15.0 Å². The summed E-state index contributed by atoms with van der Waals surface area (Å²) in [6.45, 7) is 9.51. The van der Waals surface area contributed by atoms with Crippen LogP contribution in [-0.4, -0.2) is 70.1 Å². The molecule has 3 aromatic carbocycles. The smallest absolute Gasteiger partial charge is 0.410 e. The lowest BCUT2D eigenvalue weighted by Crippen LogP contribution is -2.70. The highest BCUT2D eigenvalue weighted by Gasteiger charge is 2.65. The van der Waals surface area contributed by atoms with Crippen LogP contribution in [0.5, 0.6) is 11.5 Å². The number of carbonyl (C=O) groups excluding carboxylic acids is 1. The number of oxime groups is 1. The third kappa shape index (κ3) is 10.8. The molecule has 1 aliphatic heterocycles. The molecule has 0 spiro atoms. The topological polar surface area (TPSA) is 132 Å². The number of aryl methyl sites for hydroxylation is 1. The summed E-state index contributed by atoms with van der Waals surface area (Å²) in [5, 5.41) is 24.9. The second-order valence-corrected chi connectivity index (χ2v) is 16.8. The van der Waals surface area contributed by atoms with Crippen molar-refractivity contribution in [2.75, 3.05) is 26.4 Å². The number of aliphatic hydroxyl groups is 2. The minimum Gasteiger partial charge on any atom is -0.487 e. The standard InChI is InChI=1S/C52H63N3O8/c1-4-27-55(51(58)60-34-38-18-8-6-9-19-38)48-33-46(54-62-35-39-20-10-7-11-21-39)44-31-40(22-12-14-28-56)43(24-13-15-29-57)49-45-32-42(59-36-41-23-16-17-37(3)53-41)25-26-47(45)63-52(48,50(44)49)61-30-5-2/h5-11,16-21,23,25-26,31-32,40,43,48-50,56-57H,2,4,12-15,22,24,27-30,33-36H2,1,3H3/t40-,43+,48-,49+,50+,52+/m0/s1. The van der Waals surface area contributed by atoms with E-state index in [2.05, 4.69) is 23.7 Å². The number of nitrogens with zero attached hydrogens (tertiary/aromatic N) is 3. The van der Waals surface area contributed by atoms with Crippen molar-refractivity contribution in [3.8, 4) is 11.5 Å². The first-order chi connectivity index (χ1) is 30.9. The number of aliphatic hydroxyl groups excluding tert-OH is 2. The molecule has 1 aromatic heterocycles. The molecular weight excluding hydrogens is 795 g/mol. The number of unbranched alkanes of at least 4 members (excludes halogenated alkanes) is 2. The Morgan fingerprint density at radius 3 is 2.35 bits per heavy atom. The van der Waals surface area contributed by atoms with Crippen LogP contribution in [0.15, 0.2) is 127 Å². The van der Waals surface area contributed by atoms with E-state index in [0.29, 0.717) is 43.9 Å². The van der Waals surface area contributed by atoms with Crippen molar-refractivity contribution >= 4 is 11.8 Å². The lowest BCUT2D eigenvalue weighted by molar-refractivity contribution is -0.255. The van der Waals surface area contributed by atoms with Gasteiger partial charge in [0.05, 0.1) is 23.9 Å². The molecule has 63 heavy (non-hydrogen) atoms. The molecule has 11 nitrogen and oxygen atoms in total. The molecule has 1 fully saturated rings. The lowest BCUT2D eigenvalue weighted by Gasteiger charge is -2.59. The predicted octanol–water partition coefficient (Wildman–Crippen LogP) is 9.85. The Morgan fingerprint density at radius 1 is 0.921 bits per heavy atom. The highest BCUT2D eigenvalue weighted by molar-refractivity contribution is 6.03. The van der Waals surface area contributed by atoms with Crippen LogP contribution in [0.3, 0.4) is 0 Å². The van der Waals surface area contributed by atoms with Crippen LogP contribution in [0.4, 0.5) is 4.79 Å². The molecule has 7 rings (SSSR count). The molecular formula is C52H63N3O8. The first kappa shape index (κ1) is 45.5. The average Bonchev–Trinajstić information content (AvgIpc) is 3.30. The molecule has 2 heterocycles. The Balaban J connectivity index is 1.39. The SMILES string of the molecule is C=CCO[C@@]12Oc3ccc(OCc4cccc(C)n4)cc3[C@H]3[C@H](CCCCO)[C@@H](CCCCO)C=C(C(=NOCc4ccccc4)C[C@@H]1N(CCC)C(=O)OCc1ccccc1)[C@H]32. The van der Waals surface area contributed by atoms with Gasteiger partial charge in [-0.1, -0.05) is 104 Å². The Hall–Kier alpha value is -5.49. The fraction of sp³-hybridized carbons (Fsp3) is 0.442. The third-order valence-corrected chi connectivity index (χ3v) is 12.5. The number of carbonyl (C=O) groups is 1. The maximum Gasteiger partial charge on any atom is 0.410 e. The third-order valence-electron chi connectivity index (χ3n) is 12.5. The Kier molecular flexibility index (Phi) is 16.1. The van der Waals surface area contributed by atoms with Crippen molar-refractivity contribution in [3.05, 3.63) is 149 Å². The average molecular weight is 858 g/mol. The largest absolute Gasteiger partial charge is 0.487 e. The van der Waals surface area contributed by atoms with E-state index in [1.54, 1.807) is 11.0 Å². The van der Waals surface area contributed by atoms with Crippen molar-refractivity contribution in [1.29, 1.82) is 0 Å². The van der Waals surface area contributed by atoms with E-state index in [1.165, 1.54) is 0 Å². The van der Waals surface area contributed by atoms with Crippen LogP contribution >= 0.6 is 0 Å². The lowest BCUT2D eigenvalue weighted by atomic mass is 9.55. The van der Waals surface area contributed by atoms with Crippen LogP contribution in [-0.2, 0) is 34.1 Å². The van der Waals surface area contributed by atoms with Gasteiger partial charge < -0.3 is 34.0 Å². The van der Waals surface area contributed by atoms with Gasteiger partial charge in [0.1, 0.15) is 37.4 Å². The number of fused-ring (bicyclic) bond motifs is 2. The molecule has 4 aromatic rings. The number of ether oxygens (including phenoxy) is 4. The minimum absolute atomic E-state index is 0.0712. The van der Waals surface area contributed by atoms with E-state index >= 15 is 0 Å². The second kappa shape index (κ2) is 22.2. The highest BCUT2D eigenvalue weighted by atomic mass is 16.7. The number of hydrogen-bond donors (Lipinski definition) is 2. The van der Waals surface area contributed by atoms with Crippen molar-refractivity contribution in [2.45, 2.75) is 103 Å². The van der Waals surface area contributed by atoms with E-state index in [-0.39, 0.29) is 57.2 Å². The van der Waals surface area contributed by atoms with E-state index < -0.39 is 23.8 Å². The van der Waals surface area contributed by atoms with Gasteiger partial charge in [0.25, 0.3) is 0 Å². The number of aromatic nitrogens is 1. The molecule has 0 bridgehead atoms. The zero-order chi connectivity index (χ0) is 44.0. The Labute approximate surface area is 372 Å². The predicted molar refractivity (Wildman–Crippen MR) is 243 cm³/mol. The summed E-state index contributed by atoms with van der Waals surface area (Å²) in [6, 6.07) is 30.8. The van der Waals surface area contributed by atoms with Gasteiger partial charge in [-0.3, -0.25) is 9.88 Å². The molecule has 11 heteroatoms. The summed E-state index contributed by atoms with van der Waals surface area (Å²) in [5.74, 6) is -0.531. The van der Waals surface area contributed by atoms with Crippen LogP contribution in [0.25, 0.3) is 0 Å². The Morgan fingerprint density at radius 2 is 1.65 bits per heavy atom. The summed E-state index contributed by atoms with van der Waals surface area (Å²) in [5.41, 5.74) is 6.30. The number of pyridine rings is 1. The summed E-state index contributed by atoms with van der Waals surface area (Å²) in [6.07, 6.45) is 9.22. The number of hydrogen-bond acceptors (Lipinski definition) is 10. The molecule has 0 unspecified atom stereocenters. The summed E-state index contributed by atoms with van der Waals surface area (Å²) in [4.78, 5) is 27.3. The van der Waals surface area contributed by atoms with Gasteiger partial charge in [0, 0.05) is 43.4 Å². The number of rotatable bonds is 22. The molecule has 6 atom stereocenters. The summed E-state index contributed by atoms with van der Waals surface area (Å²) < 4.78 is 27.1. The van der Waals surface area contributed by atoms with Crippen LogP contribution in [0.2, 0.25) is 0 Å². The van der Waals surface area contributed by atoms with Gasteiger partial charge in [0.15, 0.2) is 0 Å². The maximum absolute atomic E-state index is 14.6. The zero-order valence-corrected chi connectivity index (χ0v) is 36.8. The number of amides is 1. The van der Waals surface area contributed by atoms with E-state index in [4.69, 9.17) is 28.9 Å². The van der Waals surface area contributed by atoms with Crippen LogP contribution < -0.4 is 9.47 Å². The molecule has 334 valence electrons. The van der Waals surface area contributed by atoms with Gasteiger partial charge in [0.2, 0.25) is 5.79 Å². The highest BCUT2D eigenvalue weighted by Crippen LogP contribution is 2.62. The summed E-state index contributed by atoms with van der Waals surface area (Å²) >= 11 is 0. The van der Waals surface area contributed by atoms with Crippen molar-refractivity contribution in [2.24, 2.45) is 22.9 Å². The fourth-order valence-corrected chi connectivity index (χ4v) is 9.75. The minimum atomic E-state index is -1.39. The number of allylic oxidation sites excluding steroid dienone is 1. The molecule has 0 radical (unpaired) electrons. The van der Waals surface area contributed by atoms with Crippen molar-refractivity contribution < 1.29 is 38.8 Å². The molecule has 1 amide bonds. The van der Waals surface area contributed by atoms with Gasteiger partial charge in [-0.05, 0) is 97.9 Å². The monoisotopic (exact) mass is 857 g/mol. The fourth-order valence-electron chi connectivity index (χ4n) is 9.75. The maximum atomic E-state index is 14.6. The van der Waals surface area contributed by atoms with E-state index in [0.717, 1.165) is 65.0 Å². The molecule has 0 saturated heterocycles. The van der Waals surface area contributed by atoms with Gasteiger partial charge in [-0.25, -0.2) is 4.79 Å². The van der Waals surface area contributed by atoms with Gasteiger partial charge >= 0.3 is 6.09 Å². The number of benzene rings is 3. The van der Waals surface area contributed by atoms with Gasteiger partial charge in [-0.2, -0.15) is 0 Å². The summed E-state index contributed by atoms with van der Waals surface area (Å²) in [7, 11) is 0. The molecule has 2 aliphatic carbocycles. The first-order valence-corrected chi connectivity index (χ1v) is 22.7. The van der Waals surface area contributed by atoms with Crippen molar-refractivity contribution in [3.63, 3.8) is 0 Å². The molecule has 1 saturated carbocycles. The first-order valence-electron chi connectivity index (χ1n) is 22.7.